The highest BCUT2D eigenvalue weighted by atomic mass is 19.4. The number of methoxy groups -OCH3 is 1. The van der Waals surface area contributed by atoms with E-state index in [0.717, 1.165) is 6.07 Å². The Labute approximate surface area is 90.8 Å². The van der Waals surface area contributed by atoms with E-state index >= 15 is 0 Å². The summed E-state index contributed by atoms with van der Waals surface area (Å²) in [5.74, 6) is 0.289. The molecule has 0 aliphatic heterocycles. The van der Waals surface area contributed by atoms with Crippen molar-refractivity contribution in [3.8, 4) is 0 Å². The van der Waals surface area contributed by atoms with Crippen molar-refractivity contribution in [1.82, 2.24) is 10.2 Å². The molecule has 7 heteroatoms. The fourth-order valence-electron chi connectivity index (χ4n) is 0.909. The molecule has 0 spiro atoms. The van der Waals surface area contributed by atoms with E-state index in [-0.39, 0.29) is 11.9 Å². The van der Waals surface area contributed by atoms with E-state index in [1.165, 1.54) is 6.07 Å². The van der Waals surface area contributed by atoms with Gasteiger partial charge in [-0.05, 0) is 19.1 Å². The number of rotatable bonds is 4. The highest BCUT2D eigenvalue weighted by molar-refractivity contribution is 5.33. The summed E-state index contributed by atoms with van der Waals surface area (Å²) in [4.78, 5) is 0. The van der Waals surface area contributed by atoms with Crippen LogP contribution in [0.4, 0.5) is 19.0 Å². The molecule has 0 saturated heterocycles. The minimum absolute atomic E-state index is 0.0518. The third-order valence-electron chi connectivity index (χ3n) is 1.93. The summed E-state index contributed by atoms with van der Waals surface area (Å²) in [5.41, 5.74) is -1.00. The number of alkyl halides is 3. The number of ether oxygens (including phenoxy) is 1. The van der Waals surface area contributed by atoms with Crippen molar-refractivity contribution in [1.29, 1.82) is 0 Å². The van der Waals surface area contributed by atoms with Gasteiger partial charge in [-0.2, -0.15) is 13.2 Å². The Hall–Kier alpha value is -1.37. The number of nitrogens with one attached hydrogen (secondary N) is 1. The van der Waals surface area contributed by atoms with Crippen molar-refractivity contribution in [2.75, 3.05) is 19.0 Å². The topological polar surface area (TPSA) is 47.0 Å². The van der Waals surface area contributed by atoms with Crippen LogP contribution >= 0.6 is 0 Å². The van der Waals surface area contributed by atoms with Gasteiger partial charge in [0.15, 0.2) is 5.69 Å². The molecule has 1 aromatic heterocycles. The van der Waals surface area contributed by atoms with Crippen LogP contribution in [0.5, 0.6) is 0 Å². The summed E-state index contributed by atoms with van der Waals surface area (Å²) in [7, 11) is 1.55. The van der Waals surface area contributed by atoms with E-state index in [1.807, 2.05) is 6.92 Å². The molecular weight excluding hydrogens is 223 g/mol. The van der Waals surface area contributed by atoms with Crippen LogP contribution in [-0.2, 0) is 10.9 Å². The standard InChI is InChI=1S/C9H12F3N3O/c1-6(16-2)5-13-8-4-3-7(14-15-8)9(10,11)12/h3-4,6H,5H2,1-2H3,(H,13,15). The minimum atomic E-state index is -4.45. The lowest BCUT2D eigenvalue weighted by atomic mass is 10.3. The highest BCUT2D eigenvalue weighted by Gasteiger charge is 2.32. The molecule has 1 aromatic rings. The van der Waals surface area contributed by atoms with Gasteiger partial charge >= 0.3 is 6.18 Å². The molecule has 0 bridgehead atoms. The third kappa shape index (κ3) is 3.65. The molecule has 1 heterocycles. The summed E-state index contributed by atoms with van der Waals surface area (Å²) < 4.78 is 41.4. The Kier molecular flexibility index (Phi) is 4.05. The molecule has 4 nitrogen and oxygen atoms in total. The van der Waals surface area contributed by atoms with Crippen LogP contribution < -0.4 is 5.32 Å². The average molecular weight is 235 g/mol. The second-order valence-electron chi connectivity index (χ2n) is 3.23. The van der Waals surface area contributed by atoms with Crippen molar-refractivity contribution in [3.63, 3.8) is 0 Å². The van der Waals surface area contributed by atoms with Gasteiger partial charge in [0.2, 0.25) is 0 Å². The zero-order valence-corrected chi connectivity index (χ0v) is 8.88. The van der Waals surface area contributed by atoms with Gasteiger partial charge in [0.25, 0.3) is 0 Å². The van der Waals surface area contributed by atoms with Crippen molar-refractivity contribution in [2.24, 2.45) is 0 Å². The number of nitrogens with zero attached hydrogens (tertiary/aromatic N) is 2. The van der Waals surface area contributed by atoms with Crippen LogP contribution in [0.25, 0.3) is 0 Å². The molecule has 0 fully saturated rings. The molecule has 0 aliphatic carbocycles. The monoisotopic (exact) mass is 235 g/mol. The Balaban J connectivity index is 2.58. The van der Waals surface area contributed by atoms with E-state index in [9.17, 15) is 13.2 Å². The first kappa shape index (κ1) is 12.7. The highest BCUT2D eigenvalue weighted by Crippen LogP contribution is 2.26. The van der Waals surface area contributed by atoms with Crippen LogP contribution in [0.3, 0.4) is 0 Å². The van der Waals surface area contributed by atoms with E-state index in [4.69, 9.17) is 4.74 Å². The largest absolute Gasteiger partial charge is 0.435 e. The van der Waals surface area contributed by atoms with Gasteiger partial charge < -0.3 is 10.1 Å². The lowest BCUT2D eigenvalue weighted by molar-refractivity contribution is -0.141. The van der Waals surface area contributed by atoms with Gasteiger partial charge in [-0.1, -0.05) is 0 Å². The number of hydrogen-bond acceptors (Lipinski definition) is 4. The molecular formula is C9H12F3N3O. The SMILES string of the molecule is COC(C)CNc1ccc(C(F)(F)F)nn1. The Bertz CT molecular complexity index is 326. The quantitative estimate of drug-likeness (QED) is 0.866. The molecule has 0 amide bonds. The van der Waals surface area contributed by atoms with Crippen molar-refractivity contribution < 1.29 is 17.9 Å². The predicted octanol–water partition coefficient (Wildman–Crippen LogP) is 1.94. The van der Waals surface area contributed by atoms with E-state index in [2.05, 4.69) is 15.5 Å². The number of hydrogen-bond donors (Lipinski definition) is 1. The molecule has 1 N–H and O–H groups in total. The van der Waals surface area contributed by atoms with Gasteiger partial charge in [0.1, 0.15) is 5.82 Å². The Morgan fingerprint density at radius 3 is 2.50 bits per heavy atom. The fourth-order valence-corrected chi connectivity index (χ4v) is 0.909. The molecule has 0 aromatic carbocycles. The molecule has 0 radical (unpaired) electrons. The second-order valence-corrected chi connectivity index (χ2v) is 3.23. The van der Waals surface area contributed by atoms with Crippen molar-refractivity contribution in [2.45, 2.75) is 19.2 Å². The zero-order valence-electron chi connectivity index (χ0n) is 8.88. The van der Waals surface area contributed by atoms with Crippen LogP contribution in [0.1, 0.15) is 12.6 Å². The van der Waals surface area contributed by atoms with E-state index in [1.54, 1.807) is 7.11 Å². The molecule has 1 rings (SSSR count). The number of halogens is 3. The smallest absolute Gasteiger partial charge is 0.380 e. The summed E-state index contributed by atoms with van der Waals surface area (Å²) >= 11 is 0. The minimum Gasteiger partial charge on any atom is -0.380 e. The molecule has 16 heavy (non-hydrogen) atoms. The van der Waals surface area contributed by atoms with Gasteiger partial charge in [0.05, 0.1) is 6.10 Å². The average Bonchev–Trinajstić information content (AvgIpc) is 2.25. The number of anilines is 1. The lowest BCUT2D eigenvalue weighted by Gasteiger charge is -2.11. The third-order valence-corrected chi connectivity index (χ3v) is 1.93. The maximum atomic E-state index is 12.1. The van der Waals surface area contributed by atoms with Gasteiger partial charge in [-0.25, -0.2) is 0 Å². The normalized spacial score (nSPS) is 13.6. The summed E-state index contributed by atoms with van der Waals surface area (Å²) in [6, 6.07) is 2.12. The zero-order chi connectivity index (χ0) is 12.2. The lowest BCUT2D eigenvalue weighted by Crippen LogP contribution is -2.19. The summed E-state index contributed by atoms with van der Waals surface area (Å²) in [6.07, 6.45) is -4.50. The summed E-state index contributed by atoms with van der Waals surface area (Å²) in [5, 5.41) is 9.30. The molecule has 1 atom stereocenters. The first-order valence-corrected chi connectivity index (χ1v) is 4.61. The van der Waals surface area contributed by atoms with Crippen LogP contribution in [0.2, 0.25) is 0 Å². The maximum absolute atomic E-state index is 12.1. The van der Waals surface area contributed by atoms with E-state index < -0.39 is 11.9 Å². The summed E-state index contributed by atoms with van der Waals surface area (Å²) in [6.45, 7) is 2.28. The van der Waals surface area contributed by atoms with E-state index in [0.29, 0.717) is 6.54 Å². The Morgan fingerprint density at radius 2 is 2.06 bits per heavy atom. The maximum Gasteiger partial charge on any atom is 0.435 e. The van der Waals surface area contributed by atoms with Gasteiger partial charge in [-0.15, -0.1) is 10.2 Å². The predicted molar refractivity (Wildman–Crippen MR) is 52.0 cm³/mol. The molecule has 1 unspecified atom stereocenters. The Morgan fingerprint density at radius 1 is 1.38 bits per heavy atom. The van der Waals surface area contributed by atoms with Crippen LogP contribution in [-0.4, -0.2) is 30.0 Å². The molecule has 0 aliphatic rings. The molecule has 0 saturated carbocycles. The second kappa shape index (κ2) is 5.11. The number of aromatic nitrogens is 2. The van der Waals surface area contributed by atoms with Gasteiger partial charge in [0, 0.05) is 13.7 Å². The van der Waals surface area contributed by atoms with Crippen LogP contribution in [0, 0.1) is 0 Å². The van der Waals surface area contributed by atoms with Crippen molar-refractivity contribution in [3.05, 3.63) is 17.8 Å². The fraction of sp³-hybridized carbons (Fsp3) is 0.556. The first-order valence-electron chi connectivity index (χ1n) is 4.61. The van der Waals surface area contributed by atoms with Crippen LogP contribution in [0.15, 0.2) is 12.1 Å². The van der Waals surface area contributed by atoms with Crippen molar-refractivity contribution >= 4 is 5.82 Å². The first-order chi connectivity index (χ1) is 7.43. The molecule has 90 valence electrons. The van der Waals surface area contributed by atoms with Gasteiger partial charge in [-0.3, -0.25) is 0 Å².